The predicted octanol–water partition coefficient (Wildman–Crippen LogP) is 0.554. The molecule has 1 atom stereocenters. The highest BCUT2D eigenvalue weighted by molar-refractivity contribution is 5.94. The lowest BCUT2D eigenvalue weighted by Gasteiger charge is -2.07. The molecular formula is C9H13N3O. The van der Waals surface area contributed by atoms with E-state index in [-0.39, 0.29) is 5.91 Å². The number of hydrogen-bond acceptors (Lipinski definition) is 3. The van der Waals surface area contributed by atoms with Gasteiger partial charge in [-0.05, 0) is 31.2 Å². The number of amides is 1. The molecule has 0 spiro atoms. The van der Waals surface area contributed by atoms with E-state index in [1.54, 1.807) is 31.2 Å². The maximum absolute atomic E-state index is 11.1. The van der Waals surface area contributed by atoms with Crippen LogP contribution in [0, 0.1) is 0 Å². The summed E-state index contributed by atoms with van der Waals surface area (Å²) in [4.78, 5) is 11.1. The Bertz CT molecular complexity index is 292. The summed E-state index contributed by atoms with van der Waals surface area (Å²) in [5, 5.41) is 2.65. The molecule has 70 valence electrons. The van der Waals surface area contributed by atoms with Crippen LogP contribution in [0.3, 0.4) is 0 Å². The van der Waals surface area contributed by atoms with Crippen LogP contribution in [0.4, 0.5) is 11.4 Å². The monoisotopic (exact) mass is 179 g/mol. The second kappa shape index (κ2) is 3.91. The smallest absolute Gasteiger partial charge is 0.240 e. The number of hydrogen-bond donors (Lipinski definition) is 3. The van der Waals surface area contributed by atoms with Gasteiger partial charge in [-0.2, -0.15) is 0 Å². The SMILES string of the molecule is C[C@@H](N)C(=O)Nc1ccc(N)cc1. The lowest BCUT2D eigenvalue weighted by molar-refractivity contribution is -0.117. The summed E-state index contributed by atoms with van der Waals surface area (Å²) in [6.07, 6.45) is 0. The van der Waals surface area contributed by atoms with E-state index in [4.69, 9.17) is 11.5 Å². The van der Waals surface area contributed by atoms with E-state index in [1.165, 1.54) is 0 Å². The van der Waals surface area contributed by atoms with Gasteiger partial charge in [0.25, 0.3) is 0 Å². The summed E-state index contributed by atoms with van der Waals surface area (Å²) in [6, 6.07) is 6.40. The van der Waals surface area contributed by atoms with Crippen molar-refractivity contribution < 1.29 is 4.79 Å². The Morgan fingerprint density at radius 1 is 1.38 bits per heavy atom. The number of nitrogens with two attached hydrogens (primary N) is 2. The molecule has 13 heavy (non-hydrogen) atoms. The lowest BCUT2D eigenvalue weighted by Crippen LogP contribution is -2.32. The van der Waals surface area contributed by atoms with E-state index in [1.807, 2.05) is 0 Å². The normalized spacial score (nSPS) is 12.2. The van der Waals surface area contributed by atoms with Crippen molar-refractivity contribution in [3.05, 3.63) is 24.3 Å². The van der Waals surface area contributed by atoms with Crippen LogP contribution in [0.1, 0.15) is 6.92 Å². The van der Waals surface area contributed by atoms with E-state index in [0.717, 1.165) is 0 Å². The summed E-state index contributed by atoms with van der Waals surface area (Å²) in [6.45, 7) is 1.63. The molecule has 4 heteroatoms. The summed E-state index contributed by atoms with van der Waals surface area (Å²) in [7, 11) is 0. The molecule has 0 aliphatic carbocycles. The van der Waals surface area contributed by atoms with Crippen LogP contribution in [0.15, 0.2) is 24.3 Å². The van der Waals surface area contributed by atoms with Crippen LogP contribution < -0.4 is 16.8 Å². The molecule has 0 radical (unpaired) electrons. The molecular weight excluding hydrogens is 166 g/mol. The highest BCUT2D eigenvalue weighted by Crippen LogP contribution is 2.10. The molecule has 1 rings (SSSR count). The highest BCUT2D eigenvalue weighted by Gasteiger charge is 2.06. The second-order valence-corrected chi connectivity index (χ2v) is 2.90. The van der Waals surface area contributed by atoms with Crippen LogP contribution in [-0.2, 0) is 4.79 Å². The fourth-order valence-electron chi connectivity index (χ4n) is 0.823. The van der Waals surface area contributed by atoms with Crippen LogP contribution in [0.25, 0.3) is 0 Å². The van der Waals surface area contributed by atoms with Crippen molar-refractivity contribution in [1.82, 2.24) is 0 Å². The van der Waals surface area contributed by atoms with Gasteiger partial charge in [-0.25, -0.2) is 0 Å². The summed E-state index contributed by atoms with van der Waals surface area (Å²) >= 11 is 0. The molecule has 0 saturated heterocycles. The minimum Gasteiger partial charge on any atom is -0.399 e. The minimum absolute atomic E-state index is 0.204. The van der Waals surface area contributed by atoms with E-state index >= 15 is 0 Å². The van der Waals surface area contributed by atoms with Crippen molar-refractivity contribution in [3.8, 4) is 0 Å². The number of nitrogen functional groups attached to an aromatic ring is 1. The third-order valence-electron chi connectivity index (χ3n) is 1.59. The van der Waals surface area contributed by atoms with Gasteiger partial charge in [0.05, 0.1) is 6.04 Å². The van der Waals surface area contributed by atoms with Crippen molar-refractivity contribution >= 4 is 17.3 Å². The molecule has 4 nitrogen and oxygen atoms in total. The molecule has 0 aromatic heterocycles. The van der Waals surface area contributed by atoms with Crippen LogP contribution in [0.5, 0.6) is 0 Å². The van der Waals surface area contributed by atoms with Crippen LogP contribution in [-0.4, -0.2) is 11.9 Å². The van der Waals surface area contributed by atoms with Gasteiger partial charge in [-0.15, -0.1) is 0 Å². The Hall–Kier alpha value is -1.55. The Kier molecular flexibility index (Phi) is 2.87. The van der Waals surface area contributed by atoms with E-state index in [2.05, 4.69) is 5.32 Å². The zero-order valence-corrected chi connectivity index (χ0v) is 7.45. The third-order valence-corrected chi connectivity index (χ3v) is 1.59. The Labute approximate surface area is 76.9 Å². The van der Waals surface area contributed by atoms with Crippen molar-refractivity contribution in [3.63, 3.8) is 0 Å². The van der Waals surface area contributed by atoms with Crippen molar-refractivity contribution in [2.24, 2.45) is 5.73 Å². The molecule has 0 heterocycles. The Morgan fingerprint density at radius 2 is 1.92 bits per heavy atom. The first-order valence-corrected chi connectivity index (χ1v) is 4.01. The van der Waals surface area contributed by atoms with Gasteiger partial charge in [-0.1, -0.05) is 0 Å². The number of anilines is 2. The molecule has 0 saturated carbocycles. The topological polar surface area (TPSA) is 81.1 Å². The number of carbonyl (C=O) groups excluding carboxylic acids is 1. The molecule has 1 aromatic rings. The quantitative estimate of drug-likeness (QED) is 0.580. The fourth-order valence-corrected chi connectivity index (χ4v) is 0.823. The van der Waals surface area contributed by atoms with Gasteiger partial charge >= 0.3 is 0 Å². The van der Waals surface area contributed by atoms with Gasteiger partial charge in [-0.3, -0.25) is 4.79 Å². The molecule has 0 fully saturated rings. The molecule has 0 aliphatic heterocycles. The van der Waals surface area contributed by atoms with E-state index < -0.39 is 6.04 Å². The Balaban J connectivity index is 2.65. The highest BCUT2D eigenvalue weighted by atomic mass is 16.2. The van der Waals surface area contributed by atoms with Crippen LogP contribution >= 0.6 is 0 Å². The van der Waals surface area contributed by atoms with Gasteiger partial charge < -0.3 is 16.8 Å². The standard InChI is InChI=1S/C9H13N3O/c1-6(10)9(13)12-8-4-2-7(11)3-5-8/h2-6H,10-11H2,1H3,(H,12,13)/t6-/m1/s1. The molecule has 5 N–H and O–H groups in total. The first-order chi connectivity index (χ1) is 6.09. The van der Waals surface area contributed by atoms with E-state index in [9.17, 15) is 4.79 Å². The van der Waals surface area contributed by atoms with Gasteiger partial charge in [0, 0.05) is 11.4 Å². The first kappa shape index (κ1) is 9.54. The number of nitrogens with one attached hydrogen (secondary N) is 1. The average Bonchev–Trinajstić information content (AvgIpc) is 2.08. The minimum atomic E-state index is -0.502. The molecule has 0 unspecified atom stereocenters. The zero-order chi connectivity index (χ0) is 9.84. The Morgan fingerprint density at radius 3 is 2.38 bits per heavy atom. The predicted molar refractivity (Wildman–Crippen MR) is 53.1 cm³/mol. The molecule has 1 amide bonds. The number of carbonyl (C=O) groups is 1. The summed E-state index contributed by atoms with van der Waals surface area (Å²) in [5.74, 6) is -0.204. The summed E-state index contributed by atoms with van der Waals surface area (Å²) in [5.41, 5.74) is 12.2. The summed E-state index contributed by atoms with van der Waals surface area (Å²) < 4.78 is 0. The molecule has 0 aliphatic rings. The molecule has 1 aromatic carbocycles. The van der Waals surface area contributed by atoms with Gasteiger partial charge in [0.2, 0.25) is 5.91 Å². The van der Waals surface area contributed by atoms with Gasteiger partial charge in [0.1, 0.15) is 0 Å². The van der Waals surface area contributed by atoms with Gasteiger partial charge in [0.15, 0.2) is 0 Å². The zero-order valence-electron chi connectivity index (χ0n) is 7.45. The third kappa shape index (κ3) is 2.76. The lowest BCUT2D eigenvalue weighted by atomic mass is 10.2. The maximum Gasteiger partial charge on any atom is 0.240 e. The van der Waals surface area contributed by atoms with Crippen molar-refractivity contribution in [2.75, 3.05) is 11.1 Å². The van der Waals surface area contributed by atoms with E-state index in [0.29, 0.717) is 11.4 Å². The van der Waals surface area contributed by atoms with Crippen molar-refractivity contribution in [2.45, 2.75) is 13.0 Å². The second-order valence-electron chi connectivity index (χ2n) is 2.90. The number of rotatable bonds is 2. The number of benzene rings is 1. The van der Waals surface area contributed by atoms with Crippen LogP contribution in [0.2, 0.25) is 0 Å². The van der Waals surface area contributed by atoms with Crippen molar-refractivity contribution in [1.29, 1.82) is 0 Å². The largest absolute Gasteiger partial charge is 0.399 e. The molecule has 0 bridgehead atoms. The fraction of sp³-hybridized carbons (Fsp3) is 0.222. The average molecular weight is 179 g/mol. The first-order valence-electron chi connectivity index (χ1n) is 4.01. The maximum atomic E-state index is 11.1.